The Morgan fingerprint density at radius 3 is 2.75 bits per heavy atom. The van der Waals surface area contributed by atoms with Gasteiger partial charge in [0.2, 0.25) is 0 Å². The van der Waals surface area contributed by atoms with Crippen molar-refractivity contribution in [2.75, 3.05) is 6.61 Å². The third kappa shape index (κ3) is 2.21. The molecule has 0 aliphatic carbocycles. The number of fused-ring (bicyclic) bond motifs is 1. The summed E-state index contributed by atoms with van der Waals surface area (Å²) in [7, 11) is 0. The maximum Gasteiger partial charge on any atom is 0.137 e. The molecule has 1 heterocycles. The first kappa shape index (κ1) is 13.5. The van der Waals surface area contributed by atoms with Crippen LogP contribution in [0.2, 0.25) is 0 Å². The first-order valence-electron chi connectivity index (χ1n) is 6.12. The summed E-state index contributed by atoms with van der Waals surface area (Å²) in [6.07, 6.45) is -1.15. The summed E-state index contributed by atoms with van der Waals surface area (Å²) in [4.78, 5) is 0. The van der Waals surface area contributed by atoms with Gasteiger partial charge in [0.15, 0.2) is 0 Å². The van der Waals surface area contributed by atoms with Crippen molar-refractivity contribution in [3.63, 3.8) is 0 Å². The SMILES string of the molecule is OC(c1cc(F)c(Br)cc1F)C1COc2ccccc21. The van der Waals surface area contributed by atoms with E-state index in [1.165, 1.54) is 0 Å². The number of benzene rings is 2. The van der Waals surface area contributed by atoms with Gasteiger partial charge in [-0.05, 0) is 34.1 Å². The molecule has 5 heteroatoms. The van der Waals surface area contributed by atoms with Crippen molar-refractivity contribution in [3.05, 3.63) is 63.6 Å². The van der Waals surface area contributed by atoms with Crippen LogP contribution in [-0.2, 0) is 0 Å². The summed E-state index contributed by atoms with van der Waals surface area (Å²) in [5, 5.41) is 10.4. The Bertz CT molecular complexity index is 660. The third-order valence-corrected chi connectivity index (χ3v) is 4.08. The van der Waals surface area contributed by atoms with Crippen molar-refractivity contribution in [1.29, 1.82) is 0 Å². The van der Waals surface area contributed by atoms with E-state index >= 15 is 0 Å². The largest absolute Gasteiger partial charge is 0.493 e. The fraction of sp³-hybridized carbons (Fsp3) is 0.200. The molecule has 0 radical (unpaired) electrons. The predicted molar refractivity (Wildman–Crippen MR) is 73.7 cm³/mol. The van der Waals surface area contributed by atoms with Crippen molar-refractivity contribution in [2.45, 2.75) is 12.0 Å². The van der Waals surface area contributed by atoms with Crippen molar-refractivity contribution in [3.8, 4) is 5.75 Å². The fourth-order valence-electron chi connectivity index (χ4n) is 2.43. The number of aliphatic hydroxyl groups is 1. The molecule has 2 aromatic rings. The lowest BCUT2D eigenvalue weighted by molar-refractivity contribution is 0.126. The van der Waals surface area contributed by atoms with Crippen LogP contribution < -0.4 is 4.74 Å². The first-order valence-corrected chi connectivity index (χ1v) is 6.91. The van der Waals surface area contributed by atoms with Crippen molar-refractivity contribution in [1.82, 2.24) is 0 Å². The lowest BCUT2D eigenvalue weighted by atomic mass is 9.90. The molecule has 1 aliphatic heterocycles. The molecule has 0 saturated heterocycles. The maximum absolute atomic E-state index is 13.9. The van der Waals surface area contributed by atoms with Crippen LogP contribution in [0.15, 0.2) is 40.9 Å². The highest BCUT2D eigenvalue weighted by Gasteiger charge is 2.32. The van der Waals surface area contributed by atoms with E-state index in [1.54, 1.807) is 6.07 Å². The molecule has 0 aromatic heterocycles. The van der Waals surface area contributed by atoms with Crippen molar-refractivity contribution < 1.29 is 18.6 Å². The van der Waals surface area contributed by atoms with Crippen molar-refractivity contribution in [2.24, 2.45) is 0 Å². The normalized spacial score (nSPS) is 18.5. The van der Waals surface area contributed by atoms with Crippen LogP contribution in [0.5, 0.6) is 5.75 Å². The van der Waals surface area contributed by atoms with Gasteiger partial charge in [-0.25, -0.2) is 8.78 Å². The topological polar surface area (TPSA) is 29.5 Å². The molecule has 20 heavy (non-hydrogen) atoms. The minimum Gasteiger partial charge on any atom is -0.493 e. The van der Waals surface area contributed by atoms with Gasteiger partial charge in [0.1, 0.15) is 17.4 Å². The van der Waals surface area contributed by atoms with Gasteiger partial charge in [0.05, 0.1) is 23.1 Å². The first-order chi connectivity index (χ1) is 9.58. The van der Waals surface area contributed by atoms with E-state index in [0.29, 0.717) is 5.75 Å². The van der Waals surface area contributed by atoms with Gasteiger partial charge < -0.3 is 9.84 Å². The quantitative estimate of drug-likeness (QED) is 0.839. The Balaban J connectivity index is 1.98. The molecule has 0 spiro atoms. The molecule has 3 rings (SSSR count). The molecule has 0 amide bonds. The smallest absolute Gasteiger partial charge is 0.137 e. The minimum atomic E-state index is -1.15. The molecule has 1 N–H and O–H groups in total. The molecule has 1 aliphatic rings. The number of hydrogen-bond acceptors (Lipinski definition) is 2. The second-order valence-corrected chi connectivity index (χ2v) is 5.54. The van der Waals surface area contributed by atoms with Gasteiger partial charge in [0.25, 0.3) is 0 Å². The highest BCUT2D eigenvalue weighted by atomic mass is 79.9. The summed E-state index contributed by atoms with van der Waals surface area (Å²) in [6, 6.07) is 9.31. The molecule has 0 bridgehead atoms. The number of para-hydroxylation sites is 1. The van der Waals surface area contributed by atoms with Crippen LogP contribution in [0.1, 0.15) is 23.1 Å². The second-order valence-electron chi connectivity index (χ2n) is 4.69. The van der Waals surface area contributed by atoms with Crippen LogP contribution >= 0.6 is 15.9 Å². The zero-order chi connectivity index (χ0) is 14.3. The van der Waals surface area contributed by atoms with Gasteiger partial charge in [-0.1, -0.05) is 18.2 Å². The highest BCUT2D eigenvalue weighted by molar-refractivity contribution is 9.10. The second kappa shape index (κ2) is 5.14. The monoisotopic (exact) mass is 340 g/mol. The number of aliphatic hydroxyl groups excluding tert-OH is 1. The van der Waals surface area contributed by atoms with Crippen LogP contribution in [0.4, 0.5) is 8.78 Å². The van der Waals surface area contributed by atoms with Gasteiger partial charge in [0, 0.05) is 11.1 Å². The molecule has 2 unspecified atom stereocenters. The molecule has 2 nitrogen and oxygen atoms in total. The highest BCUT2D eigenvalue weighted by Crippen LogP contribution is 2.42. The molecule has 104 valence electrons. The summed E-state index contributed by atoms with van der Waals surface area (Å²) in [5.74, 6) is -0.973. The van der Waals surface area contributed by atoms with Crippen molar-refractivity contribution >= 4 is 15.9 Å². The number of ether oxygens (including phenoxy) is 1. The van der Waals surface area contributed by atoms with E-state index in [0.717, 1.165) is 17.7 Å². The molecule has 2 aromatic carbocycles. The van der Waals surface area contributed by atoms with E-state index in [-0.39, 0.29) is 16.6 Å². The Labute approximate surface area is 123 Å². The van der Waals surface area contributed by atoms with Gasteiger partial charge in [-0.2, -0.15) is 0 Å². The number of hydrogen-bond donors (Lipinski definition) is 1. The minimum absolute atomic E-state index is 0.0361. The zero-order valence-electron chi connectivity index (χ0n) is 10.3. The Morgan fingerprint density at radius 1 is 1.20 bits per heavy atom. The third-order valence-electron chi connectivity index (χ3n) is 3.48. The van der Waals surface area contributed by atoms with Crippen LogP contribution in [0, 0.1) is 11.6 Å². The van der Waals surface area contributed by atoms with Crippen LogP contribution in [0.25, 0.3) is 0 Å². The van der Waals surface area contributed by atoms with Gasteiger partial charge in [-0.3, -0.25) is 0 Å². The summed E-state index contributed by atoms with van der Waals surface area (Å²) < 4.78 is 33.0. The average molecular weight is 341 g/mol. The molecular weight excluding hydrogens is 330 g/mol. The standard InChI is InChI=1S/C15H11BrF2O2/c16-11-6-12(17)9(5-13(11)18)15(19)10-7-20-14-4-2-1-3-8(10)14/h1-6,10,15,19H,7H2. The van der Waals surface area contributed by atoms with Gasteiger partial charge in [-0.15, -0.1) is 0 Å². The average Bonchev–Trinajstić information content (AvgIpc) is 2.86. The zero-order valence-corrected chi connectivity index (χ0v) is 11.9. The molecule has 0 saturated carbocycles. The predicted octanol–water partition coefficient (Wildman–Crippen LogP) is 3.94. The summed E-state index contributed by atoms with van der Waals surface area (Å²) in [6.45, 7) is 0.248. The summed E-state index contributed by atoms with van der Waals surface area (Å²) >= 11 is 2.92. The number of halogens is 3. The lowest BCUT2D eigenvalue weighted by Crippen LogP contribution is -2.14. The van der Waals surface area contributed by atoms with E-state index in [1.807, 2.05) is 18.2 Å². The molecule has 0 fully saturated rings. The van der Waals surface area contributed by atoms with Crippen LogP contribution in [-0.4, -0.2) is 11.7 Å². The van der Waals surface area contributed by atoms with E-state index in [2.05, 4.69) is 15.9 Å². The Hall–Kier alpha value is -1.46. The summed E-state index contributed by atoms with van der Waals surface area (Å²) in [5.41, 5.74) is 0.749. The number of rotatable bonds is 2. The van der Waals surface area contributed by atoms with Crippen LogP contribution in [0.3, 0.4) is 0 Å². The maximum atomic E-state index is 13.9. The van der Waals surface area contributed by atoms with E-state index in [9.17, 15) is 13.9 Å². The van der Waals surface area contributed by atoms with E-state index < -0.39 is 23.7 Å². The Morgan fingerprint density at radius 2 is 1.95 bits per heavy atom. The van der Waals surface area contributed by atoms with Gasteiger partial charge >= 0.3 is 0 Å². The van der Waals surface area contributed by atoms with E-state index in [4.69, 9.17) is 4.74 Å². The Kier molecular flexibility index (Phi) is 3.48. The fourth-order valence-corrected chi connectivity index (χ4v) is 2.75. The molecule has 2 atom stereocenters. The lowest BCUT2D eigenvalue weighted by Gasteiger charge is -2.18. The molecular formula is C15H11BrF2O2.